The maximum atomic E-state index is 6.09. The minimum atomic E-state index is 0.122. The van der Waals surface area contributed by atoms with Crippen molar-refractivity contribution in [3.8, 4) is 11.6 Å². The lowest BCUT2D eigenvalue weighted by molar-refractivity contribution is 0.421. The number of ether oxygens (including phenoxy) is 1. The Hall–Kier alpha value is -1.33. The van der Waals surface area contributed by atoms with Gasteiger partial charge in [0.25, 0.3) is 0 Å². The lowest BCUT2D eigenvalue weighted by Gasteiger charge is -2.13. The van der Waals surface area contributed by atoms with Crippen molar-refractivity contribution in [1.82, 2.24) is 9.78 Å². The number of rotatable bonds is 5. The smallest absolute Gasteiger partial charge is 0.221 e. The van der Waals surface area contributed by atoms with Crippen molar-refractivity contribution in [2.45, 2.75) is 39.7 Å². The molecule has 114 valence electrons. The van der Waals surface area contributed by atoms with Crippen molar-refractivity contribution >= 4 is 15.9 Å². The molecule has 2 rings (SSSR count). The monoisotopic (exact) mass is 351 g/mol. The second-order valence-corrected chi connectivity index (χ2v) is 6.26. The van der Waals surface area contributed by atoms with Crippen molar-refractivity contribution in [2.75, 3.05) is 0 Å². The summed E-state index contributed by atoms with van der Waals surface area (Å²) in [6, 6.07) is 6.15. The van der Waals surface area contributed by atoms with Crippen LogP contribution in [0.3, 0.4) is 0 Å². The standard InChI is InChI=1S/C16H22BrN3O/c1-5-12(18)9-13-11(3)19-20(4)16(13)21-15-7-6-10(2)8-14(15)17/h6-8,12H,5,9,18H2,1-4H3. The van der Waals surface area contributed by atoms with E-state index in [-0.39, 0.29) is 6.04 Å². The van der Waals surface area contributed by atoms with E-state index in [4.69, 9.17) is 10.5 Å². The van der Waals surface area contributed by atoms with Gasteiger partial charge < -0.3 is 10.5 Å². The number of hydrogen-bond acceptors (Lipinski definition) is 3. The molecule has 0 aliphatic heterocycles. The maximum Gasteiger partial charge on any atom is 0.221 e. The van der Waals surface area contributed by atoms with Crippen molar-refractivity contribution in [1.29, 1.82) is 0 Å². The van der Waals surface area contributed by atoms with Gasteiger partial charge in [0.15, 0.2) is 0 Å². The summed E-state index contributed by atoms with van der Waals surface area (Å²) in [5.74, 6) is 1.55. The minimum Gasteiger partial charge on any atom is -0.438 e. The fourth-order valence-corrected chi connectivity index (χ4v) is 2.82. The van der Waals surface area contributed by atoms with E-state index in [1.807, 2.05) is 32.2 Å². The molecule has 0 aliphatic carbocycles. The lowest BCUT2D eigenvalue weighted by atomic mass is 10.1. The van der Waals surface area contributed by atoms with E-state index in [0.29, 0.717) is 0 Å². The zero-order chi connectivity index (χ0) is 15.6. The van der Waals surface area contributed by atoms with Crippen LogP contribution in [0, 0.1) is 13.8 Å². The topological polar surface area (TPSA) is 53.1 Å². The highest BCUT2D eigenvalue weighted by atomic mass is 79.9. The number of nitrogens with two attached hydrogens (primary N) is 1. The highest BCUT2D eigenvalue weighted by Gasteiger charge is 2.18. The zero-order valence-electron chi connectivity index (χ0n) is 13.0. The zero-order valence-corrected chi connectivity index (χ0v) is 14.6. The molecule has 0 bridgehead atoms. The van der Waals surface area contributed by atoms with Crippen LogP contribution in [0.1, 0.15) is 30.2 Å². The van der Waals surface area contributed by atoms with Crippen LogP contribution in [0.25, 0.3) is 0 Å². The molecule has 4 nitrogen and oxygen atoms in total. The normalized spacial score (nSPS) is 12.5. The summed E-state index contributed by atoms with van der Waals surface area (Å²) < 4.78 is 8.80. The van der Waals surface area contributed by atoms with E-state index in [2.05, 4.69) is 34.9 Å². The second kappa shape index (κ2) is 6.62. The number of nitrogens with zero attached hydrogens (tertiary/aromatic N) is 2. The molecule has 1 aromatic carbocycles. The molecule has 0 amide bonds. The van der Waals surface area contributed by atoms with Gasteiger partial charge in [0.1, 0.15) is 5.75 Å². The molecule has 1 aromatic heterocycles. The van der Waals surface area contributed by atoms with Crippen LogP contribution in [0.5, 0.6) is 11.6 Å². The van der Waals surface area contributed by atoms with Gasteiger partial charge in [0.05, 0.1) is 10.2 Å². The third-order valence-electron chi connectivity index (χ3n) is 3.57. The van der Waals surface area contributed by atoms with Crippen LogP contribution < -0.4 is 10.5 Å². The summed E-state index contributed by atoms with van der Waals surface area (Å²) in [6.07, 6.45) is 1.71. The fourth-order valence-electron chi connectivity index (χ4n) is 2.24. The maximum absolute atomic E-state index is 6.09. The quantitative estimate of drug-likeness (QED) is 0.889. The van der Waals surface area contributed by atoms with E-state index < -0.39 is 0 Å². The Bertz CT molecular complexity index is 637. The molecule has 1 unspecified atom stereocenters. The van der Waals surface area contributed by atoms with E-state index in [1.54, 1.807) is 4.68 Å². The van der Waals surface area contributed by atoms with Crippen LogP contribution in [0.4, 0.5) is 0 Å². The second-order valence-electron chi connectivity index (χ2n) is 5.40. The molecule has 1 atom stereocenters. The number of hydrogen-bond donors (Lipinski definition) is 1. The first kappa shape index (κ1) is 16.0. The molecule has 1 heterocycles. The van der Waals surface area contributed by atoms with Crippen LogP contribution in [-0.4, -0.2) is 15.8 Å². The van der Waals surface area contributed by atoms with E-state index in [1.165, 1.54) is 5.56 Å². The first-order valence-electron chi connectivity index (χ1n) is 7.14. The van der Waals surface area contributed by atoms with Gasteiger partial charge in [-0.05, 0) is 60.3 Å². The number of halogens is 1. The van der Waals surface area contributed by atoms with E-state index >= 15 is 0 Å². The molecule has 21 heavy (non-hydrogen) atoms. The molecule has 0 aliphatic rings. The van der Waals surface area contributed by atoms with Crippen molar-refractivity contribution < 1.29 is 4.74 Å². The largest absolute Gasteiger partial charge is 0.438 e. The van der Waals surface area contributed by atoms with Crippen molar-refractivity contribution in [2.24, 2.45) is 12.8 Å². The molecule has 2 aromatic rings. The average Bonchev–Trinajstić information content (AvgIpc) is 2.68. The van der Waals surface area contributed by atoms with Crippen LogP contribution >= 0.6 is 15.9 Å². The van der Waals surface area contributed by atoms with Gasteiger partial charge in [-0.15, -0.1) is 0 Å². The predicted octanol–water partition coefficient (Wildman–Crippen LogP) is 3.87. The van der Waals surface area contributed by atoms with Gasteiger partial charge in [-0.1, -0.05) is 13.0 Å². The van der Waals surface area contributed by atoms with Gasteiger partial charge in [-0.3, -0.25) is 0 Å². The van der Waals surface area contributed by atoms with Crippen LogP contribution in [-0.2, 0) is 13.5 Å². The van der Waals surface area contributed by atoms with Crippen molar-refractivity contribution in [3.63, 3.8) is 0 Å². The predicted molar refractivity (Wildman–Crippen MR) is 88.9 cm³/mol. The molecule has 0 radical (unpaired) electrons. The third kappa shape index (κ3) is 3.66. The fraction of sp³-hybridized carbons (Fsp3) is 0.438. The van der Waals surface area contributed by atoms with E-state index in [9.17, 15) is 0 Å². The Labute approximate surface area is 134 Å². The van der Waals surface area contributed by atoms with Crippen LogP contribution in [0.2, 0.25) is 0 Å². The van der Waals surface area contributed by atoms with Gasteiger partial charge in [-0.25, -0.2) is 4.68 Å². The third-order valence-corrected chi connectivity index (χ3v) is 4.19. The summed E-state index contributed by atoms with van der Waals surface area (Å²) in [7, 11) is 1.89. The first-order valence-corrected chi connectivity index (χ1v) is 7.93. The SMILES string of the molecule is CCC(N)Cc1c(C)nn(C)c1Oc1ccc(C)cc1Br. The summed E-state index contributed by atoms with van der Waals surface area (Å²) >= 11 is 3.55. The Balaban J connectivity index is 2.34. The summed E-state index contributed by atoms with van der Waals surface area (Å²) in [6.45, 7) is 6.14. The molecule has 5 heteroatoms. The minimum absolute atomic E-state index is 0.122. The van der Waals surface area contributed by atoms with Gasteiger partial charge in [-0.2, -0.15) is 5.10 Å². The first-order chi connectivity index (χ1) is 9.92. The van der Waals surface area contributed by atoms with E-state index in [0.717, 1.165) is 40.2 Å². The molecule has 0 spiro atoms. The van der Waals surface area contributed by atoms with Gasteiger partial charge in [0.2, 0.25) is 5.88 Å². The Morgan fingerprint density at radius 2 is 2.10 bits per heavy atom. The highest BCUT2D eigenvalue weighted by Crippen LogP contribution is 2.33. The Morgan fingerprint density at radius 3 is 2.71 bits per heavy atom. The summed E-state index contributed by atoms with van der Waals surface area (Å²) in [5.41, 5.74) is 9.33. The number of benzene rings is 1. The van der Waals surface area contributed by atoms with Gasteiger partial charge >= 0.3 is 0 Å². The van der Waals surface area contributed by atoms with Crippen molar-refractivity contribution in [3.05, 3.63) is 39.5 Å². The number of aryl methyl sites for hydroxylation is 3. The lowest BCUT2D eigenvalue weighted by Crippen LogP contribution is -2.21. The molecule has 0 fully saturated rings. The molecular weight excluding hydrogens is 330 g/mol. The Morgan fingerprint density at radius 1 is 1.38 bits per heavy atom. The molecule has 0 saturated carbocycles. The summed E-state index contributed by atoms with van der Waals surface area (Å²) in [4.78, 5) is 0. The Kier molecular flexibility index (Phi) is 5.06. The highest BCUT2D eigenvalue weighted by molar-refractivity contribution is 9.10. The summed E-state index contributed by atoms with van der Waals surface area (Å²) in [5, 5.41) is 4.46. The molecular formula is C16H22BrN3O. The molecule has 2 N–H and O–H groups in total. The van der Waals surface area contributed by atoms with Crippen LogP contribution in [0.15, 0.2) is 22.7 Å². The molecule has 0 saturated heterocycles. The average molecular weight is 352 g/mol. The number of aromatic nitrogens is 2. The van der Waals surface area contributed by atoms with Gasteiger partial charge in [0, 0.05) is 18.7 Å².